The van der Waals surface area contributed by atoms with Crippen LogP contribution < -0.4 is 14.2 Å². The highest BCUT2D eigenvalue weighted by Crippen LogP contribution is 2.34. The molecule has 0 aromatic heterocycles. The maximum atomic E-state index is 10.2. The number of phenolic OH excluding ortho intramolecular Hbond substituents is 1. The molecule has 2 aromatic rings. The van der Waals surface area contributed by atoms with E-state index in [1.807, 2.05) is 39.0 Å². The first-order valence-electron chi connectivity index (χ1n) is 9.57. The van der Waals surface area contributed by atoms with Crippen molar-refractivity contribution in [3.05, 3.63) is 47.0 Å². The number of aliphatic imine (C=N–C) groups is 1. The average Bonchev–Trinajstić information content (AvgIpc) is 2.65. The summed E-state index contributed by atoms with van der Waals surface area (Å²) in [4.78, 5) is 4.75. The minimum Gasteiger partial charge on any atom is -0.504 e. The van der Waals surface area contributed by atoms with E-state index in [2.05, 4.69) is 0 Å². The van der Waals surface area contributed by atoms with Gasteiger partial charge in [0, 0.05) is 35.9 Å². The van der Waals surface area contributed by atoms with Crippen LogP contribution in [0.25, 0.3) is 0 Å². The molecule has 0 spiro atoms. The van der Waals surface area contributed by atoms with Crippen LogP contribution >= 0.6 is 0 Å². The quantitative estimate of drug-likeness (QED) is 0.758. The van der Waals surface area contributed by atoms with Crippen LogP contribution in [0.1, 0.15) is 37.5 Å². The first-order chi connectivity index (χ1) is 13.2. The van der Waals surface area contributed by atoms with Crippen LogP contribution in [-0.2, 0) is 12.8 Å². The van der Waals surface area contributed by atoms with Crippen molar-refractivity contribution >= 4 is 5.71 Å². The van der Waals surface area contributed by atoms with E-state index < -0.39 is 0 Å². The number of ether oxygens (including phenoxy) is 3. The van der Waals surface area contributed by atoms with Crippen molar-refractivity contribution in [2.45, 2.75) is 33.6 Å². The SMILES string of the molecule is CCOc1cc(OCC)c2c(c1)C(Cc1ccc(OCC)c(O)c1)=NCC2. The van der Waals surface area contributed by atoms with Gasteiger partial charge in [0.05, 0.1) is 19.8 Å². The van der Waals surface area contributed by atoms with Crippen molar-refractivity contribution in [2.75, 3.05) is 26.4 Å². The van der Waals surface area contributed by atoms with Crippen LogP contribution in [0.2, 0.25) is 0 Å². The number of phenols is 1. The Bertz CT molecular complexity index is 829. The minimum absolute atomic E-state index is 0.157. The first kappa shape index (κ1) is 19.1. The van der Waals surface area contributed by atoms with E-state index in [9.17, 15) is 5.11 Å². The monoisotopic (exact) mass is 369 g/mol. The van der Waals surface area contributed by atoms with Crippen LogP contribution in [0.15, 0.2) is 35.3 Å². The summed E-state index contributed by atoms with van der Waals surface area (Å²) in [6, 6.07) is 9.54. The molecule has 0 amide bonds. The van der Waals surface area contributed by atoms with E-state index in [0.717, 1.165) is 41.3 Å². The molecule has 2 aromatic carbocycles. The smallest absolute Gasteiger partial charge is 0.160 e. The molecule has 1 N–H and O–H groups in total. The van der Waals surface area contributed by atoms with Crippen molar-refractivity contribution in [1.82, 2.24) is 0 Å². The van der Waals surface area contributed by atoms with Gasteiger partial charge in [-0.15, -0.1) is 0 Å². The number of fused-ring (bicyclic) bond motifs is 1. The van der Waals surface area contributed by atoms with Crippen molar-refractivity contribution in [3.8, 4) is 23.0 Å². The van der Waals surface area contributed by atoms with E-state index in [0.29, 0.717) is 32.0 Å². The van der Waals surface area contributed by atoms with Gasteiger partial charge in [0.15, 0.2) is 11.5 Å². The lowest BCUT2D eigenvalue weighted by atomic mass is 9.92. The molecule has 27 heavy (non-hydrogen) atoms. The fourth-order valence-corrected chi connectivity index (χ4v) is 3.35. The molecular formula is C22H27NO4. The molecule has 1 heterocycles. The van der Waals surface area contributed by atoms with Gasteiger partial charge in [-0.05, 0) is 51.0 Å². The second kappa shape index (κ2) is 8.80. The average molecular weight is 369 g/mol. The largest absolute Gasteiger partial charge is 0.504 e. The molecule has 0 radical (unpaired) electrons. The van der Waals surface area contributed by atoms with Gasteiger partial charge in [-0.2, -0.15) is 0 Å². The van der Waals surface area contributed by atoms with Crippen LogP contribution in [-0.4, -0.2) is 37.2 Å². The van der Waals surface area contributed by atoms with Crippen LogP contribution in [0.4, 0.5) is 0 Å². The molecule has 0 saturated heterocycles. The summed E-state index contributed by atoms with van der Waals surface area (Å²) in [7, 11) is 0. The van der Waals surface area contributed by atoms with Crippen LogP contribution in [0.5, 0.6) is 23.0 Å². The van der Waals surface area contributed by atoms with Gasteiger partial charge in [-0.25, -0.2) is 0 Å². The highest BCUT2D eigenvalue weighted by Gasteiger charge is 2.21. The molecule has 1 aliphatic heterocycles. The van der Waals surface area contributed by atoms with Gasteiger partial charge in [-0.1, -0.05) is 6.07 Å². The normalized spacial score (nSPS) is 12.9. The first-order valence-corrected chi connectivity index (χ1v) is 9.57. The van der Waals surface area contributed by atoms with E-state index >= 15 is 0 Å². The Morgan fingerprint density at radius 3 is 2.37 bits per heavy atom. The summed E-state index contributed by atoms with van der Waals surface area (Å²) in [6.45, 7) is 8.32. The van der Waals surface area contributed by atoms with Gasteiger partial charge in [-0.3, -0.25) is 4.99 Å². The number of nitrogens with zero attached hydrogens (tertiary/aromatic N) is 1. The lowest BCUT2D eigenvalue weighted by Gasteiger charge is -2.22. The topological polar surface area (TPSA) is 60.3 Å². The zero-order chi connectivity index (χ0) is 19.2. The summed E-state index contributed by atoms with van der Waals surface area (Å²) in [6.07, 6.45) is 1.49. The lowest BCUT2D eigenvalue weighted by molar-refractivity contribution is 0.318. The number of hydrogen-bond donors (Lipinski definition) is 1. The summed E-state index contributed by atoms with van der Waals surface area (Å²) >= 11 is 0. The van der Waals surface area contributed by atoms with E-state index in [4.69, 9.17) is 19.2 Å². The molecule has 1 aliphatic rings. The molecule has 0 unspecified atom stereocenters. The summed E-state index contributed by atoms with van der Waals surface area (Å²) in [5, 5.41) is 10.2. The standard InChI is InChI=1S/C22H27NO4/c1-4-25-16-13-18-17(22(14-16)27-6-3)9-10-23-19(18)11-15-7-8-21(26-5-2)20(24)12-15/h7-8,12-14,24H,4-6,9-11H2,1-3H3. The highest BCUT2D eigenvalue weighted by atomic mass is 16.5. The van der Waals surface area contributed by atoms with Crippen molar-refractivity contribution in [1.29, 1.82) is 0 Å². The zero-order valence-corrected chi connectivity index (χ0v) is 16.2. The maximum absolute atomic E-state index is 10.2. The second-order valence-corrected chi connectivity index (χ2v) is 6.30. The van der Waals surface area contributed by atoms with Crippen molar-refractivity contribution in [3.63, 3.8) is 0 Å². The maximum Gasteiger partial charge on any atom is 0.160 e. The van der Waals surface area contributed by atoms with Crippen molar-refractivity contribution < 1.29 is 19.3 Å². The molecule has 144 valence electrons. The lowest BCUT2D eigenvalue weighted by Crippen LogP contribution is -2.17. The Kier molecular flexibility index (Phi) is 6.22. The molecule has 5 nitrogen and oxygen atoms in total. The molecule has 0 atom stereocenters. The van der Waals surface area contributed by atoms with E-state index in [1.54, 1.807) is 12.1 Å². The molecule has 0 saturated carbocycles. The predicted molar refractivity (Wildman–Crippen MR) is 107 cm³/mol. The predicted octanol–water partition coefficient (Wildman–Crippen LogP) is 4.18. The molecule has 3 rings (SSSR count). The third-order valence-corrected chi connectivity index (χ3v) is 4.46. The number of rotatable bonds is 8. The van der Waals surface area contributed by atoms with E-state index in [-0.39, 0.29) is 5.75 Å². The minimum atomic E-state index is 0.157. The zero-order valence-electron chi connectivity index (χ0n) is 16.2. The summed E-state index contributed by atoms with van der Waals surface area (Å²) < 4.78 is 17.0. The summed E-state index contributed by atoms with van der Waals surface area (Å²) in [5.74, 6) is 2.33. The van der Waals surface area contributed by atoms with Crippen LogP contribution in [0.3, 0.4) is 0 Å². The highest BCUT2D eigenvalue weighted by molar-refractivity contribution is 6.04. The van der Waals surface area contributed by atoms with Gasteiger partial charge >= 0.3 is 0 Å². The third-order valence-electron chi connectivity index (χ3n) is 4.46. The Hall–Kier alpha value is -2.69. The molecular weight excluding hydrogens is 342 g/mol. The molecule has 0 aliphatic carbocycles. The summed E-state index contributed by atoms with van der Waals surface area (Å²) in [5.41, 5.74) is 4.23. The molecule has 0 fully saturated rings. The van der Waals surface area contributed by atoms with Gasteiger partial charge in [0.2, 0.25) is 0 Å². The van der Waals surface area contributed by atoms with Crippen LogP contribution in [0, 0.1) is 0 Å². The number of hydrogen-bond acceptors (Lipinski definition) is 5. The Morgan fingerprint density at radius 1 is 0.926 bits per heavy atom. The van der Waals surface area contributed by atoms with Gasteiger partial charge in [0.1, 0.15) is 11.5 Å². The second-order valence-electron chi connectivity index (χ2n) is 6.30. The Labute approximate surface area is 160 Å². The van der Waals surface area contributed by atoms with Crippen molar-refractivity contribution in [2.24, 2.45) is 4.99 Å². The fraction of sp³-hybridized carbons (Fsp3) is 0.409. The molecule has 5 heteroatoms. The van der Waals surface area contributed by atoms with Gasteiger partial charge < -0.3 is 19.3 Å². The number of aromatic hydroxyl groups is 1. The fourth-order valence-electron chi connectivity index (χ4n) is 3.35. The Balaban J connectivity index is 1.92. The van der Waals surface area contributed by atoms with Gasteiger partial charge in [0.25, 0.3) is 0 Å². The number of benzene rings is 2. The van der Waals surface area contributed by atoms with E-state index in [1.165, 1.54) is 5.56 Å². The molecule has 0 bridgehead atoms. The third kappa shape index (κ3) is 4.35. The Morgan fingerprint density at radius 2 is 1.67 bits per heavy atom.